The van der Waals surface area contributed by atoms with Crippen molar-refractivity contribution in [1.82, 2.24) is 0 Å². The normalized spacial score (nSPS) is 11.5. The molecule has 0 atom stereocenters. The van der Waals surface area contributed by atoms with Gasteiger partial charge in [0.05, 0.1) is 5.75 Å². The van der Waals surface area contributed by atoms with Gasteiger partial charge in [-0.2, -0.15) is 0 Å². The lowest BCUT2D eigenvalue weighted by atomic mass is 10.00. The van der Waals surface area contributed by atoms with E-state index in [0.29, 0.717) is 12.0 Å². The Balaban J connectivity index is 2.65. The van der Waals surface area contributed by atoms with Gasteiger partial charge in [0.15, 0.2) is 5.78 Å². The molecule has 17 heavy (non-hydrogen) atoms. The highest BCUT2D eigenvalue weighted by Gasteiger charge is 2.10. The first-order valence-corrected chi connectivity index (χ1v) is 7.64. The molecule has 0 bridgehead atoms. The summed E-state index contributed by atoms with van der Waals surface area (Å²) in [5, 5.41) is 0. The summed E-state index contributed by atoms with van der Waals surface area (Å²) in [7, 11) is -2.97. The smallest absolute Gasteiger partial charge is 0.163 e. The van der Waals surface area contributed by atoms with Crippen LogP contribution in [0.2, 0.25) is 0 Å². The van der Waals surface area contributed by atoms with Crippen LogP contribution < -0.4 is 0 Å². The molecule has 4 heteroatoms. The van der Waals surface area contributed by atoms with Crippen LogP contribution in [-0.4, -0.2) is 26.2 Å². The van der Waals surface area contributed by atoms with E-state index in [2.05, 4.69) is 0 Å². The molecule has 0 aliphatic rings. The van der Waals surface area contributed by atoms with Crippen LogP contribution in [0.5, 0.6) is 0 Å². The zero-order valence-electron chi connectivity index (χ0n) is 10.5. The quantitative estimate of drug-likeness (QED) is 0.758. The van der Waals surface area contributed by atoms with Gasteiger partial charge < -0.3 is 0 Å². The number of sulfone groups is 1. The Morgan fingerprint density at radius 2 is 1.88 bits per heavy atom. The zero-order valence-corrected chi connectivity index (χ0v) is 11.3. The first-order valence-electron chi connectivity index (χ1n) is 5.58. The van der Waals surface area contributed by atoms with Gasteiger partial charge in [-0.1, -0.05) is 23.8 Å². The maximum absolute atomic E-state index is 11.9. The Morgan fingerprint density at radius 3 is 2.41 bits per heavy atom. The minimum Gasteiger partial charge on any atom is -0.294 e. The molecule has 0 spiro atoms. The lowest BCUT2D eigenvalue weighted by molar-refractivity contribution is 0.0981. The molecule has 0 saturated carbocycles. The van der Waals surface area contributed by atoms with E-state index >= 15 is 0 Å². The molecule has 0 saturated heterocycles. The second-order valence-corrected chi connectivity index (χ2v) is 6.73. The highest BCUT2D eigenvalue weighted by molar-refractivity contribution is 7.90. The van der Waals surface area contributed by atoms with E-state index in [4.69, 9.17) is 0 Å². The second-order valence-electron chi connectivity index (χ2n) is 4.47. The minimum atomic E-state index is -2.97. The van der Waals surface area contributed by atoms with Crippen LogP contribution in [0.4, 0.5) is 0 Å². The molecule has 0 amide bonds. The number of hydrogen-bond acceptors (Lipinski definition) is 3. The lowest BCUT2D eigenvalue weighted by Gasteiger charge is -2.05. The molecule has 0 aliphatic heterocycles. The van der Waals surface area contributed by atoms with Crippen LogP contribution in [0, 0.1) is 13.8 Å². The SMILES string of the molecule is Cc1ccc(C(=O)CCCS(C)(=O)=O)c(C)c1. The Bertz CT molecular complexity index is 515. The molecule has 0 unspecified atom stereocenters. The Kier molecular flexibility index (Phi) is 4.46. The van der Waals surface area contributed by atoms with Crippen molar-refractivity contribution in [1.29, 1.82) is 0 Å². The average Bonchev–Trinajstić information content (AvgIpc) is 2.15. The van der Waals surface area contributed by atoms with Crippen molar-refractivity contribution in [3.05, 3.63) is 34.9 Å². The summed E-state index contributed by atoms with van der Waals surface area (Å²) in [5.41, 5.74) is 2.77. The number of benzene rings is 1. The monoisotopic (exact) mass is 254 g/mol. The van der Waals surface area contributed by atoms with Crippen LogP contribution in [0.3, 0.4) is 0 Å². The fourth-order valence-electron chi connectivity index (χ4n) is 1.76. The van der Waals surface area contributed by atoms with E-state index in [1.165, 1.54) is 6.26 Å². The highest BCUT2D eigenvalue weighted by Crippen LogP contribution is 2.13. The van der Waals surface area contributed by atoms with E-state index in [-0.39, 0.29) is 18.0 Å². The second kappa shape index (κ2) is 5.45. The summed E-state index contributed by atoms with van der Waals surface area (Å²) < 4.78 is 21.9. The van der Waals surface area contributed by atoms with Crippen LogP contribution in [0.15, 0.2) is 18.2 Å². The van der Waals surface area contributed by atoms with Gasteiger partial charge in [-0.05, 0) is 25.8 Å². The summed E-state index contributed by atoms with van der Waals surface area (Å²) >= 11 is 0. The molecule has 0 N–H and O–H groups in total. The minimum absolute atomic E-state index is 0.0196. The van der Waals surface area contributed by atoms with Crippen LogP contribution >= 0.6 is 0 Å². The predicted molar refractivity (Wildman–Crippen MR) is 69.2 cm³/mol. The van der Waals surface area contributed by atoms with E-state index in [1.54, 1.807) is 0 Å². The van der Waals surface area contributed by atoms with Gasteiger partial charge in [0.2, 0.25) is 0 Å². The van der Waals surface area contributed by atoms with Crippen LogP contribution in [0.25, 0.3) is 0 Å². The Morgan fingerprint density at radius 1 is 1.24 bits per heavy atom. The molecule has 0 radical (unpaired) electrons. The molecule has 0 heterocycles. The number of Topliss-reactive ketones (excluding diaryl/α,β-unsaturated/α-hetero) is 1. The largest absolute Gasteiger partial charge is 0.294 e. The fraction of sp³-hybridized carbons (Fsp3) is 0.462. The lowest BCUT2D eigenvalue weighted by Crippen LogP contribution is -2.07. The topological polar surface area (TPSA) is 51.2 Å². The van der Waals surface area contributed by atoms with Crippen molar-refractivity contribution < 1.29 is 13.2 Å². The fourth-order valence-corrected chi connectivity index (χ4v) is 2.42. The highest BCUT2D eigenvalue weighted by atomic mass is 32.2. The number of hydrogen-bond donors (Lipinski definition) is 0. The molecule has 1 aromatic rings. The first-order chi connectivity index (χ1) is 7.79. The molecule has 0 aromatic heterocycles. The van der Waals surface area contributed by atoms with Gasteiger partial charge in [0.25, 0.3) is 0 Å². The number of rotatable bonds is 5. The van der Waals surface area contributed by atoms with Crippen LogP contribution in [-0.2, 0) is 9.84 Å². The van der Waals surface area contributed by atoms with Gasteiger partial charge >= 0.3 is 0 Å². The van der Waals surface area contributed by atoms with E-state index in [9.17, 15) is 13.2 Å². The van der Waals surface area contributed by atoms with Crippen molar-refractivity contribution in [3.63, 3.8) is 0 Å². The van der Waals surface area contributed by atoms with E-state index < -0.39 is 9.84 Å². The molecule has 1 rings (SSSR count). The third kappa shape index (κ3) is 4.69. The van der Waals surface area contributed by atoms with Gasteiger partial charge in [0, 0.05) is 18.2 Å². The molecule has 94 valence electrons. The van der Waals surface area contributed by atoms with Gasteiger partial charge in [-0.15, -0.1) is 0 Å². The van der Waals surface area contributed by atoms with Crippen molar-refractivity contribution >= 4 is 15.6 Å². The van der Waals surface area contributed by atoms with Crippen LogP contribution in [0.1, 0.15) is 34.3 Å². The average molecular weight is 254 g/mol. The summed E-state index contributed by atoms with van der Waals surface area (Å²) in [6.07, 6.45) is 1.87. The molecule has 0 fully saturated rings. The van der Waals surface area contributed by atoms with Gasteiger partial charge in [-0.3, -0.25) is 4.79 Å². The predicted octanol–water partition coefficient (Wildman–Crippen LogP) is 2.31. The Hall–Kier alpha value is -1.16. The number of carbonyl (C=O) groups excluding carboxylic acids is 1. The molecule has 3 nitrogen and oxygen atoms in total. The summed E-state index contributed by atoms with van der Waals surface area (Å²) in [4.78, 5) is 11.9. The number of aryl methyl sites for hydroxylation is 2. The van der Waals surface area contributed by atoms with E-state index in [0.717, 1.165) is 11.1 Å². The van der Waals surface area contributed by atoms with E-state index in [1.807, 2.05) is 32.0 Å². The molecule has 0 aliphatic carbocycles. The Labute approximate surface area is 103 Å². The summed E-state index contributed by atoms with van der Waals surface area (Å²) in [6, 6.07) is 5.67. The molecular weight excluding hydrogens is 236 g/mol. The third-order valence-electron chi connectivity index (χ3n) is 2.60. The molecular formula is C13H18O3S. The summed E-state index contributed by atoms with van der Waals surface area (Å²) in [5.74, 6) is 0.0926. The molecule has 1 aromatic carbocycles. The van der Waals surface area contributed by atoms with Crippen molar-refractivity contribution in [2.24, 2.45) is 0 Å². The first kappa shape index (κ1) is 13.9. The van der Waals surface area contributed by atoms with Crippen molar-refractivity contribution in [3.8, 4) is 0 Å². The van der Waals surface area contributed by atoms with Crippen molar-refractivity contribution in [2.45, 2.75) is 26.7 Å². The zero-order chi connectivity index (χ0) is 13.1. The number of ketones is 1. The summed E-state index contributed by atoms with van der Waals surface area (Å²) in [6.45, 7) is 3.88. The third-order valence-corrected chi connectivity index (χ3v) is 3.63. The van der Waals surface area contributed by atoms with Gasteiger partial charge in [-0.25, -0.2) is 8.42 Å². The maximum Gasteiger partial charge on any atom is 0.163 e. The standard InChI is InChI=1S/C13H18O3S/c1-10-6-7-12(11(2)9-10)13(14)5-4-8-17(3,15)16/h6-7,9H,4-5,8H2,1-3H3. The van der Waals surface area contributed by atoms with Crippen molar-refractivity contribution in [2.75, 3.05) is 12.0 Å². The maximum atomic E-state index is 11.9. The number of carbonyl (C=O) groups is 1. The van der Waals surface area contributed by atoms with Gasteiger partial charge in [0.1, 0.15) is 9.84 Å².